The molecule has 1 heterocycles. The van der Waals surface area contributed by atoms with Gasteiger partial charge in [-0.3, -0.25) is 0 Å². The quantitative estimate of drug-likeness (QED) is 0.783. The van der Waals surface area contributed by atoms with E-state index in [0.29, 0.717) is 0 Å². The number of hydrogen-bond acceptors (Lipinski definition) is 3. The molecule has 0 radical (unpaired) electrons. The Hall–Kier alpha value is -0.0300. The van der Waals surface area contributed by atoms with Crippen molar-refractivity contribution in [3.63, 3.8) is 0 Å². The molecule has 13 heavy (non-hydrogen) atoms. The highest BCUT2D eigenvalue weighted by atomic mass is 79.9. The first-order valence-corrected chi connectivity index (χ1v) is 5.20. The Morgan fingerprint density at radius 3 is 2.62 bits per heavy atom. The molecule has 70 valence electrons. The smallest absolute Gasteiger partial charge is 0.189 e. The first kappa shape index (κ1) is 9.52. The normalized spacial score (nSPS) is 27.0. The van der Waals surface area contributed by atoms with Gasteiger partial charge in [-0.15, -0.1) is 12.6 Å². The Labute approximate surface area is 90.8 Å². The molecule has 0 saturated carbocycles. The van der Waals surface area contributed by atoms with Crippen molar-refractivity contribution in [1.82, 2.24) is 0 Å². The van der Waals surface area contributed by atoms with Crippen LogP contribution in [0.2, 0.25) is 0 Å². The lowest BCUT2D eigenvalue weighted by atomic mass is 10.2. The van der Waals surface area contributed by atoms with E-state index < -0.39 is 0 Å². The van der Waals surface area contributed by atoms with Crippen molar-refractivity contribution in [1.29, 1.82) is 0 Å². The van der Waals surface area contributed by atoms with Crippen molar-refractivity contribution in [2.24, 2.45) is 0 Å². The minimum atomic E-state index is -0.208. The fourth-order valence-corrected chi connectivity index (χ4v) is 1.72. The first-order chi connectivity index (χ1) is 6.16. The van der Waals surface area contributed by atoms with Crippen LogP contribution in [0.25, 0.3) is 0 Å². The fourth-order valence-electron chi connectivity index (χ4n) is 1.19. The van der Waals surface area contributed by atoms with Crippen LogP contribution < -0.4 is 0 Å². The van der Waals surface area contributed by atoms with E-state index in [0.717, 1.165) is 14.9 Å². The molecule has 2 nitrogen and oxygen atoms in total. The number of halogens is 1. The second kappa shape index (κ2) is 3.61. The van der Waals surface area contributed by atoms with Gasteiger partial charge in [-0.2, -0.15) is 0 Å². The van der Waals surface area contributed by atoms with Gasteiger partial charge in [0, 0.05) is 14.9 Å². The van der Waals surface area contributed by atoms with Gasteiger partial charge in [0.05, 0.1) is 0 Å². The van der Waals surface area contributed by atoms with E-state index in [2.05, 4.69) is 28.6 Å². The molecular formula is C9H9BrO2S. The molecule has 1 aromatic rings. The summed E-state index contributed by atoms with van der Waals surface area (Å²) in [5.74, 6) is 0. The molecule has 0 amide bonds. The summed E-state index contributed by atoms with van der Waals surface area (Å²) in [4.78, 5) is 0.913. The van der Waals surface area contributed by atoms with Crippen LogP contribution >= 0.6 is 28.6 Å². The van der Waals surface area contributed by atoms with Gasteiger partial charge in [-0.25, -0.2) is 0 Å². The SMILES string of the molecule is CC1OC(c2ccc(S)c(Br)c2)O1. The van der Waals surface area contributed by atoms with Gasteiger partial charge in [-0.05, 0) is 35.0 Å². The van der Waals surface area contributed by atoms with Gasteiger partial charge in [0.2, 0.25) is 0 Å². The van der Waals surface area contributed by atoms with E-state index in [1.165, 1.54) is 0 Å². The molecule has 0 aromatic heterocycles. The maximum Gasteiger partial charge on any atom is 0.189 e. The third kappa shape index (κ3) is 1.91. The standard InChI is InChI=1S/C9H9BrO2S/c1-5-11-9(12-5)6-2-3-8(13)7(10)4-6/h2-5,9,13H,1H3. The summed E-state index contributed by atoms with van der Waals surface area (Å²) < 4.78 is 11.7. The number of benzene rings is 1. The molecule has 1 fully saturated rings. The van der Waals surface area contributed by atoms with Crippen molar-refractivity contribution in [3.8, 4) is 0 Å². The molecule has 2 rings (SSSR count). The molecule has 0 N–H and O–H groups in total. The lowest BCUT2D eigenvalue weighted by molar-refractivity contribution is -0.382. The Morgan fingerprint density at radius 2 is 2.08 bits per heavy atom. The highest BCUT2D eigenvalue weighted by molar-refractivity contribution is 9.10. The number of hydrogen-bond donors (Lipinski definition) is 1. The van der Waals surface area contributed by atoms with Crippen LogP contribution in [0.5, 0.6) is 0 Å². The van der Waals surface area contributed by atoms with Crippen LogP contribution in [-0.4, -0.2) is 6.29 Å². The maximum atomic E-state index is 5.35. The Kier molecular flexibility index (Phi) is 2.65. The monoisotopic (exact) mass is 260 g/mol. The second-order valence-corrected chi connectivity index (χ2v) is 4.22. The summed E-state index contributed by atoms with van der Waals surface area (Å²) in [7, 11) is 0. The average Bonchev–Trinajstić information content (AvgIpc) is 2.05. The summed E-state index contributed by atoms with van der Waals surface area (Å²) in [6.45, 7) is 1.87. The van der Waals surface area contributed by atoms with Crippen LogP contribution in [0.4, 0.5) is 0 Å². The number of thiol groups is 1. The molecule has 0 bridgehead atoms. The number of ether oxygens (including phenoxy) is 2. The fraction of sp³-hybridized carbons (Fsp3) is 0.333. The van der Waals surface area contributed by atoms with E-state index >= 15 is 0 Å². The zero-order valence-electron chi connectivity index (χ0n) is 7.03. The van der Waals surface area contributed by atoms with Crippen LogP contribution in [0.1, 0.15) is 18.8 Å². The lowest BCUT2D eigenvalue weighted by Crippen LogP contribution is -2.31. The molecule has 0 atom stereocenters. The summed E-state index contributed by atoms with van der Waals surface area (Å²) in [6.07, 6.45) is -0.292. The molecule has 0 aliphatic carbocycles. The molecule has 0 spiro atoms. The molecular weight excluding hydrogens is 252 g/mol. The summed E-state index contributed by atoms with van der Waals surface area (Å²) in [6, 6.07) is 5.82. The largest absolute Gasteiger partial charge is 0.320 e. The summed E-state index contributed by atoms with van der Waals surface area (Å²) in [5, 5.41) is 0. The van der Waals surface area contributed by atoms with Crippen LogP contribution in [0.3, 0.4) is 0 Å². The zero-order chi connectivity index (χ0) is 9.42. The maximum absolute atomic E-state index is 5.35. The third-order valence-corrected chi connectivity index (χ3v) is 3.23. The molecule has 1 aliphatic heterocycles. The minimum absolute atomic E-state index is 0.0838. The van der Waals surface area contributed by atoms with E-state index in [9.17, 15) is 0 Å². The van der Waals surface area contributed by atoms with Crippen LogP contribution in [-0.2, 0) is 9.47 Å². The zero-order valence-corrected chi connectivity index (χ0v) is 9.51. The van der Waals surface area contributed by atoms with Gasteiger partial charge >= 0.3 is 0 Å². The van der Waals surface area contributed by atoms with Crippen molar-refractivity contribution in [2.75, 3.05) is 0 Å². The van der Waals surface area contributed by atoms with E-state index in [1.807, 2.05) is 25.1 Å². The second-order valence-electron chi connectivity index (χ2n) is 2.88. The van der Waals surface area contributed by atoms with Crippen molar-refractivity contribution in [3.05, 3.63) is 28.2 Å². The topological polar surface area (TPSA) is 18.5 Å². The Bertz CT molecular complexity index is 323. The summed E-state index contributed by atoms with van der Waals surface area (Å²) in [5.41, 5.74) is 1.02. The minimum Gasteiger partial charge on any atom is -0.320 e. The van der Waals surface area contributed by atoms with Crippen molar-refractivity contribution < 1.29 is 9.47 Å². The predicted molar refractivity (Wildman–Crippen MR) is 55.8 cm³/mol. The van der Waals surface area contributed by atoms with Gasteiger partial charge < -0.3 is 9.47 Å². The predicted octanol–water partition coefficient (Wildman–Crippen LogP) is 3.13. The van der Waals surface area contributed by atoms with E-state index in [4.69, 9.17) is 9.47 Å². The van der Waals surface area contributed by atoms with Gasteiger partial charge in [0.15, 0.2) is 12.6 Å². The summed E-state index contributed by atoms with van der Waals surface area (Å²) >= 11 is 7.65. The van der Waals surface area contributed by atoms with Gasteiger partial charge in [-0.1, -0.05) is 6.07 Å². The van der Waals surface area contributed by atoms with E-state index in [-0.39, 0.29) is 12.6 Å². The highest BCUT2D eigenvalue weighted by Gasteiger charge is 2.28. The lowest BCUT2D eigenvalue weighted by Gasteiger charge is -2.34. The van der Waals surface area contributed by atoms with Crippen molar-refractivity contribution in [2.45, 2.75) is 24.4 Å². The Morgan fingerprint density at radius 1 is 1.38 bits per heavy atom. The molecule has 4 heteroatoms. The van der Waals surface area contributed by atoms with E-state index in [1.54, 1.807) is 0 Å². The molecule has 1 aliphatic rings. The molecule has 1 saturated heterocycles. The Balaban J connectivity index is 2.18. The number of rotatable bonds is 1. The van der Waals surface area contributed by atoms with Gasteiger partial charge in [0.25, 0.3) is 0 Å². The van der Waals surface area contributed by atoms with Crippen LogP contribution in [0.15, 0.2) is 27.6 Å². The third-order valence-electron chi connectivity index (χ3n) is 1.87. The van der Waals surface area contributed by atoms with Gasteiger partial charge in [0.1, 0.15) is 0 Å². The molecule has 0 unspecified atom stereocenters. The highest BCUT2D eigenvalue weighted by Crippen LogP contribution is 2.33. The first-order valence-electron chi connectivity index (χ1n) is 3.96. The van der Waals surface area contributed by atoms with Crippen LogP contribution in [0, 0.1) is 0 Å². The van der Waals surface area contributed by atoms with Crippen molar-refractivity contribution >= 4 is 28.6 Å². The average molecular weight is 261 g/mol. The molecule has 1 aromatic carbocycles.